The molecule has 0 radical (unpaired) electrons. The third-order valence-electron chi connectivity index (χ3n) is 2.21. The third-order valence-corrected chi connectivity index (χ3v) is 2.42. The van der Waals surface area contributed by atoms with Gasteiger partial charge in [-0.2, -0.15) is 0 Å². The zero-order valence-electron chi connectivity index (χ0n) is 8.11. The summed E-state index contributed by atoms with van der Waals surface area (Å²) in [5, 5.41) is 9.30. The summed E-state index contributed by atoms with van der Waals surface area (Å²) in [5.41, 5.74) is 2.05. The van der Waals surface area contributed by atoms with Crippen molar-refractivity contribution in [2.24, 2.45) is 0 Å². The molecule has 3 heteroatoms. The van der Waals surface area contributed by atoms with Crippen LogP contribution in [0.2, 0.25) is 5.22 Å². The van der Waals surface area contributed by atoms with Gasteiger partial charge in [-0.15, -0.1) is 0 Å². The molecule has 1 aromatic carbocycles. The first-order valence-electron chi connectivity index (χ1n) is 4.71. The van der Waals surface area contributed by atoms with Gasteiger partial charge < -0.3 is 9.52 Å². The van der Waals surface area contributed by atoms with E-state index < -0.39 is 0 Å². The van der Waals surface area contributed by atoms with Crippen molar-refractivity contribution in [1.82, 2.24) is 0 Å². The fourth-order valence-electron chi connectivity index (χ4n) is 1.41. The normalized spacial score (nSPS) is 10.5. The maximum Gasteiger partial charge on any atom is 0.193 e. The quantitative estimate of drug-likeness (QED) is 0.866. The van der Waals surface area contributed by atoms with Crippen molar-refractivity contribution in [2.75, 3.05) is 0 Å². The van der Waals surface area contributed by atoms with E-state index in [1.54, 1.807) is 6.07 Å². The second kappa shape index (κ2) is 4.51. The lowest BCUT2D eigenvalue weighted by Gasteiger charge is -2.00. The maximum atomic E-state index is 8.89. The number of hydrogen-bond acceptors (Lipinski definition) is 2. The highest BCUT2D eigenvalue weighted by Gasteiger charge is 2.01. The lowest BCUT2D eigenvalue weighted by atomic mass is 10.1. The molecule has 2 rings (SSSR count). The van der Waals surface area contributed by atoms with Crippen molar-refractivity contribution >= 4 is 11.6 Å². The van der Waals surface area contributed by atoms with Gasteiger partial charge in [0.05, 0.1) is 6.61 Å². The molecule has 15 heavy (non-hydrogen) atoms. The van der Waals surface area contributed by atoms with Gasteiger partial charge in [-0.05, 0) is 34.9 Å². The van der Waals surface area contributed by atoms with Gasteiger partial charge in [-0.3, -0.25) is 0 Å². The van der Waals surface area contributed by atoms with E-state index in [9.17, 15) is 0 Å². The van der Waals surface area contributed by atoms with Gasteiger partial charge in [-0.25, -0.2) is 0 Å². The SMILES string of the molecule is OCc1ccc(Cc2ccc(Cl)o2)cc1. The van der Waals surface area contributed by atoms with E-state index in [2.05, 4.69) is 0 Å². The molecule has 0 amide bonds. The largest absolute Gasteiger partial charge is 0.449 e. The van der Waals surface area contributed by atoms with Crippen LogP contribution in [0.25, 0.3) is 0 Å². The second-order valence-electron chi connectivity index (χ2n) is 3.36. The topological polar surface area (TPSA) is 33.4 Å². The van der Waals surface area contributed by atoms with Crippen LogP contribution in [-0.2, 0) is 13.0 Å². The van der Waals surface area contributed by atoms with Crippen LogP contribution in [0.4, 0.5) is 0 Å². The highest BCUT2D eigenvalue weighted by atomic mass is 35.5. The Morgan fingerprint density at radius 1 is 1.00 bits per heavy atom. The summed E-state index contributed by atoms with van der Waals surface area (Å²) in [7, 11) is 0. The number of benzene rings is 1. The van der Waals surface area contributed by atoms with E-state index in [0.717, 1.165) is 23.3 Å². The highest BCUT2D eigenvalue weighted by molar-refractivity contribution is 6.28. The van der Waals surface area contributed by atoms with Gasteiger partial charge in [0.2, 0.25) is 0 Å². The Balaban J connectivity index is 2.11. The monoisotopic (exact) mass is 222 g/mol. The number of aliphatic hydroxyl groups is 1. The number of halogens is 1. The minimum atomic E-state index is 0.0763. The van der Waals surface area contributed by atoms with Crippen LogP contribution in [0.1, 0.15) is 16.9 Å². The van der Waals surface area contributed by atoms with Gasteiger partial charge in [-0.1, -0.05) is 24.3 Å². The Bertz CT molecular complexity index is 431. The molecule has 0 spiro atoms. The molecule has 1 aromatic heterocycles. The molecule has 0 aliphatic heterocycles. The Kier molecular flexibility index (Phi) is 3.09. The first-order chi connectivity index (χ1) is 7.28. The summed E-state index contributed by atoms with van der Waals surface area (Å²) in [4.78, 5) is 0. The van der Waals surface area contributed by atoms with Gasteiger partial charge in [0.15, 0.2) is 5.22 Å². The molecule has 2 nitrogen and oxygen atoms in total. The van der Waals surface area contributed by atoms with E-state index in [1.165, 1.54) is 0 Å². The van der Waals surface area contributed by atoms with Crippen molar-refractivity contribution in [3.05, 3.63) is 58.5 Å². The average molecular weight is 223 g/mol. The van der Waals surface area contributed by atoms with Crippen LogP contribution in [0, 0.1) is 0 Å². The van der Waals surface area contributed by atoms with Crippen LogP contribution in [0.5, 0.6) is 0 Å². The van der Waals surface area contributed by atoms with Crippen molar-refractivity contribution < 1.29 is 9.52 Å². The molecule has 2 aromatic rings. The lowest BCUT2D eigenvalue weighted by Crippen LogP contribution is -1.87. The third kappa shape index (κ3) is 2.61. The van der Waals surface area contributed by atoms with E-state index >= 15 is 0 Å². The van der Waals surface area contributed by atoms with E-state index in [-0.39, 0.29) is 6.61 Å². The molecule has 1 heterocycles. The van der Waals surface area contributed by atoms with E-state index in [1.807, 2.05) is 30.3 Å². The standard InChI is InChI=1S/C12H11ClO2/c13-12-6-5-11(15-12)7-9-1-3-10(8-14)4-2-9/h1-6,14H,7-8H2. The lowest BCUT2D eigenvalue weighted by molar-refractivity contribution is 0.282. The first kappa shape index (κ1) is 10.3. The predicted molar refractivity (Wildman–Crippen MR) is 58.9 cm³/mol. The number of hydrogen-bond donors (Lipinski definition) is 1. The van der Waals surface area contributed by atoms with Crippen LogP contribution < -0.4 is 0 Å². The van der Waals surface area contributed by atoms with Gasteiger partial charge in [0.25, 0.3) is 0 Å². The Morgan fingerprint density at radius 2 is 1.67 bits per heavy atom. The minimum Gasteiger partial charge on any atom is -0.449 e. The summed E-state index contributed by atoms with van der Waals surface area (Å²) in [6.45, 7) is 0.0763. The number of aliphatic hydroxyl groups excluding tert-OH is 1. The minimum absolute atomic E-state index is 0.0763. The molecule has 78 valence electrons. The smallest absolute Gasteiger partial charge is 0.193 e. The van der Waals surface area contributed by atoms with Gasteiger partial charge in [0, 0.05) is 6.42 Å². The molecular weight excluding hydrogens is 212 g/mol. The van der Waals surface area contributed by atoms with Crippen LogP contribution >= 0.6 is 11.6 Å². The van der Waals surface area contributed by atoms with Gasteiger partial charge in [0.1, 0.15) is 5.76 Å². The molecular formula is C12H11ClO2. The van der Waals surface area contributed by atoms with E-state index in [0.29, 0.717) is 5.22 Å². The molecule has 0 bridgehead atoms. The van der Waals surface area contributed by atoms with Crippen molar-refractivity contribution in [1.29, 1.82) is 0 Å². The summed E-state index contributed by atoms with van der Waals surface area (Å²) < 4.78 is 5.26. The molecule has 0 aliphatic carbocycles. The molecule has 0 atom stereocenters. The van der Waals surface area contributed by atoms with E-state index in [4.69, 9.17) is 21.1 Å². The Labute approximate surface area is 93.1 Å². The van der Waals surface area contributed by atoms with Crippen molar-refractivity contribution in [3.63, 3.8) is 0 Å². The zero-order valence-corrected chi connectivity index (χ0v) is 8.87. The molecule has 0 unspecified atom stereocenters. The number of furan rings is 1. The Hall–Kier alpha value is -1.25. The van der Waals surface area contributed by atoms with Crippen LogP contribution in [-0.4, -0.2) is 5.11 Å². The van der Waals surface area contributed by atoms with Crippen molar-refractivity contribution in [2.45, 2.75) is 13.0 Å². The Morgan fingerprint density at radius 3 is 2.20 bits per heavy atom. The summed E-state index contributed by atoms with van der Waals surface area (Å²) in [5.74, 6) is 0.844. The highest BCUT2D eigenvalue weighted by Crippen LogP contribution is 2.17. The fourth-order valence-corrected chi connectivity index (χ4v) is 1.57. The molecule has 0 saturated heterocycles. The van der Waals surface area contributed by atoms with Gasteiger partial charge >= 0.3 is 0 Å². The molecule has 0 fully saturated rings. The maximum absolute atomic E-state index is 8.89. The molecule has 0 aliphatic rings. The molecule has 0 saturated carbocycles. The van der Waals surface area contributed by atoms with Crippen molar-refractivity contribution in [3.8, 4) is 0 Å². The number of rotatable bonds is 3. The summed E-state index contributed by atoms with van der Waals surface area (Å²) in [6, 6.07) is 11.4. The zero-order chi connectivity index (χ0) is 10.7. The first-order valence-corrected chi connectivity index (χ1v) is 5.08. The molecule has 1 N–H and O–H groups in total. The van der Waals surface area contributed by atoms with Crippen LogP contribution in [0.15, 0.2) is 40.8 Å². The van der Waals surface area contributed by atoms with Crippen LogP contribution in [0.3, 0.4) is 0 Å². The predicted octanol–water partition coefficient (Wildman–Crippen LogP) is 3.02. The second-order valence-corrected chi connectivity index (χ2v) is 3.73. The fraction of sp³-hybridized carbons (Fsp3) is 0.167. The summed E-state index contributed by atoms with van der Waals surface area (Å²) in [6.07, 6.45) is 0.721. The average Bonchev–Trinajstić information content (AvgIpc) is 2.65. The summed E-state index contributed by atoms with van der Waals surface area (Å²) >= 11 is 5.67.